The third-order valence-electron chi connectivity index (χ3n) is 2.53. The molecule has 5 nitrogen and oxygen atoms in total. The van der Waals surface area contributed by atoms with Gasteiger partial charge in [0.15, 0.2) is 0 Å². The molecular weight excluding hydrogens is 194 g/mol. The van der Waals surface area contributed by atoms with Crippen LogP contribution < -0.4 is 10.6 Å². The third kappa shape index (κ3) is 2.94. The minimum absolute atomic E-state index is 0.0343. The Morgan fingerprint density at radius 1 is 1.80 bits per heavy atom. The zero-order chi connectivity index (χ0) is 11.5. The van der Waals surface area contributed by atoms with E-state index in [1.54, 1.807) is 0 Å². The fourth-order valence-electron chi connectivity index (χ4n) is 1.91. The van der Waals surface area contributed by atoms with E-state index in [9.17, 15) is 9.59 Å². The van der Waals surface area contributed by atoms with Crippen LogP contribution in [0.25, 0.3) is 0 Å². The maximum Gasteiger partial charge on any atom is 0.223 e. The van der Waals surface area contributed by atoms with Crippen LogP contribution >= 0.6 is 0 Å². The van der Waals surface area contributed by atoms with Crippen molar-refractivity contribution < 1.29 is 9.59 Å². The second-order valence-corrected chi connectivity index (χ2v) is 4.48. The van der Waals surface area contributed by atoms with Gasteiger partial charge in [-0.1, -0.05) is 0 Å². The monoisotopic (exact) mass is 209 g/mol. The first kappa shape index (κ1) is 11.5. The molecule has 5 heteroatoms. The van der Waals surface area contributed by atoms with Crippen molar-refractivity contribution in [2.24, 2.45) is 5.92 Å². The van der Waals surface area contributed by atoms with E-state index >= 15 is 0 Å². The molecule has 1 heterocycles. The van der Waals surface area contributed by atoms with Gasteiger partial charge in [-0.3, -0.25) is 9.59 Å². The third-order valence-corrected chi connectivity index (χ3v) is 2.53. The van der Waals surface area contributed by atoms with Crippen LogP contribution in [-0.4, -0.2) is 23.9 Å². The normalized spacial score (nSPS) is 25.1. The molecule has 2 unspecified atom stereocenters. The molecule has 0 aromatic heterocycles. The van der Waals surface area contributed by atoms with E-state index < -0.39 is 6.04 Å². The van der Waals surface area contributed by atoms with Gasteiger partial charge in [0.2, 0.25) is 12.3 Å². The number of carbonyl (C=O) groups excluding carboxylic acids is 2. The number of hydrogen-bond acceptors (Lipinski definition) is 3. The quantitative estimate of drug-likeness (QED) is 0.636. The van der Waals surface area contributed by atoms with E-state index in [0.717, 1.165) is 0 Å². The maximum atomic E-state index is 11.5. The summed E-state index contributed by atoms with van der Waals surface area (Å²) in [6, 6.07) is 1.38. The molecule has 0 saturated carbocycles. The smallest absolute Gasteiger partial charge is 0.223 e. The molecule has 1 saturated heterocycles. The van der Waals surface area contributed by atoms with Crippen molar-refractivity contribution in [2.45, 2.75) is 38.3 Å². The van der Waals surface area contributed by atoms with Crippen LogP contribution in [0, 0.1) is 17.2 Å². The summed E-state index contributed by atoms with van der Waals surface area (Å²) >= 11 is 0. The van der Waals surface area contributed by atoms with Crippen LogP contribution in [0.1, 0.15) is 26.7 Å². The predicted octanol–water partition coefficient (Wildman–Crippen LogP) is -0.0706. The van der Waals surface area contributed by atoms with Crippen molar-refractivity contribution in [1.82, 2.24) is 10.6 Å². The zero-order valence-corrected chi connectivity index (χ0v) is 8.91. The minimum atomic E-state index is -0.577. The van der Waals surface area contributed by atoms with Gasteiger partial charge in [0.1, 0.15) is 6.04 Å². The molecule has 2 amide bonds. The molecule has 0 aliphatic carbocycles. The molecule has 1 aliphatic heterocycles. The summed E-state index contributed by atoms with van der Waals surface area (Å²) in [7, 11) is 0. The van der Waals surface area contributed by atoms with Gasteiger partial charge in [0, 0.05) is 11.5 Å². The molecule has 0 aromatic carbocycles. The van der Waals surface area contributed by atoms with Gasteiger partial charge in [-0.2, -0.15) is 5.26 Å². The van der Waals surface area contributed by atoms with Gasteiger partial charge in [-0.25, -0.2) is 0 Å². The van der Waals surface area contributed by atoms with Gasteiger partial charge >= 0.3 is 0 Å². The molecule has 82 valence electrons. The number of hydrogen-bond donors (Lipinski definition) is 2. The Hall–Kier alpha value is -1.57. The second-order valence-electron chi connectivity index (χ2n) is 4.48. The van der Waals surface area contributed by atoms with Gasteiger partial charge in [-0.15, -0.1) is 0 Å². The summed E-state index contributed by atoms with van der Waals surface area (Å²) in [5.74, 6) is -0.218. The number of carbonyl (C=O) groups is 2. The van der Waals surface area contributed by atoms with Crippen LogP contribution in [0.2, 0.25) is 0 Å². The minimum Gasteiger partial charge on any atom is -0.351 e. The highest BCUT2D eigenvalue weighted by Gasteiger charge is 2.38. The topological polar surface area (TPSA) is 82.0 Å². The molecule has 0 bridgehead atoms. The van der Waals surface area contributed by atoms with Crippen LogP contribution in [0.3, 0.4) is 0 Å². The van der Waals surface area contributed by atoms with Crippen molar-refractivity contribution in [2.75, 3.05) is 0 Å². The number of amides is 2. The summed E-state index contributed by atoms with van der Waals surface area (Å²) in [5.41, 5.74) is -0.205. The van der Waals surface area contributed by atoms with Crippen LogP contribution in [-0.2, 0) is 9.59 Å². The van der Waals surface area contributed by atoms with Crippen molar-refractivity contribution in [3.63, 3.8) is 0 Å². The maximum absolute atomic E-state index is 11.5. The molecule has 2 atom stereocenters. The standard InChI is InChI=1S/C10H15N3O2/c1-10(2)4-7(9(15)13-10)3-8(5-11)12-6-14/h6-8H,3-4H2,1-2H3,(H,12,14)(H,13,15). The average molecular weight is 209 g/mol. The molecule has 0 radical (unpaired) electrons. The summed E-state index contributed by atoms with van der Waals surface area (Å²) < 4.78 is 0. The highest BCUT2D eigenvalue weighted by molar-refractivity contribution is 5.82. The van der Waals surface area contributed by atoms with E-state index in [1.807, 2.05) is 19.9 Å². The first-order valence-corrected chi connectivity index (χ1v) is 4.90. The van der Waals surface area contributed by atoms with E-state index in [-0.39, 0.29) is 17.4 Å². The molecule has 1 fully saturated rings. The number of nitrogens with one attached hydrogen (secondary N) is 2. The van der Waals surface area contributed by atoms with Crippen LogP contribution in [0.15, 0.2) is 0 Å². The lowest BCUT2D eigenvalue weighted by molar-refractivity contribution is -0.123. The van der Waals surface area contributed by atoms with Crippen molar-refractivity contribution >= 4 is 12.3 Å². The Kier molecular flexibility index (Phi) is 3.30. The molecule has 1 aliphatic rings. The van der Waals surface area contributed by atoms with Gasteiger partial charge in [0.05, 0.1) is 6.07 Å². The Morgan fingerprint density at radius 2 is 2.47 bits per heavy atom. The molecular formula is C10H15N3O2. The number of nitriles is 1. The lowest BCUT2D eigenvalue weighted by Crippen LogP contribution is -2.35. The van der Waals surface area contributed by atoms with E-state index in [4.69, 9.17) is 5.26 Å². The summed E-state index contributed by atoms with van der Waals surface area (Å²) in [4.78, 5) is 21.7. The Bertz CT molecular complexity index is 306. The number of rotatable bonds is 4. The largest absolute Gasteiger partial charge is 0.351 e. The summed E-state index contributed by atoms with van der Waals surface area (Å²) in [5, 5.41) is 14.0. The predicted molar refractivity (Wildman–Crippen MR) is 53.5 cm³/mol. The fraction of sp³-hybridized carbons (Fsp3) is 0.700. The molecule has 2 N–H and O–H groups in total. The molecule has 0 spiro atoms. The van der Waals surface area contributed by atoms with Crippen molar-refractivity contribution in [1.29, 1.82) is 5.26 Å². The Labute approximate surface area is 88.8 Å². The SMILES string of the molecule is CC1(C)CC(CC(C#N)NC=O)C(=O)N1. The van der Waals surface area contributed by atoms with E-state index in [1.165, 1.54) is 0 Å². The summed E-state index contributed by atoms with van der Waals surface area (Å²) in [6.45, 7) is 3.89. The Balaban J connectivity index is 2.56. The first-order valence-electron chi connectivity index (χ1n) is 4.90. The van der Waals surface area contributed by atoms with E-state index in [2.05, 4.69) is 10.6 Å². The van der Waals surface area contributed by atoms with Crippen molar-refractivity contribution in [3.8, 4) is 6.07 Å². The average Bonchev–Trinajstić information content (AvgIpc) is 2.39. The van der Waals surface area contributed by atoms with Crippen LogP contribution in [0.4, 0.5) is 0 Å². The first-order chi connectivity index (χ1) is 6.98. The van der Waals surface area contributed by atoms with Gasteiger partial charge < -0.3 is 10.6 Å². The highest BCUT2D eigenvalue weighted by Crippen LogP contribution is 2.27. The molecule has 0 aromatic rings. The lowest BCUT2D eigenvalue weighted by atomic mass is 9.92. The van der Waals surface area contributed by atoms with E-state index in [0.29, 0.717) is 19.3 Å². The summed E-state index contributed by atoms with van der Waals surface area (Å²) in [6.07, 6.45) is 1.57. The fourth-order valence-corrected chi connectivity index (χ4v) is 1.91. The molecule has 1 rings (SSSR count). The lowest BCUT2D eigenvalue weighted by Gasteiger charge is -2.16. The van der Waals surface area contributed by atoms with Gasteiger partial charge in [-0.05, 0) is 26.7 Å². The highest BCUT2D eigenvalue weighted by atomic mass is 16.2. The van der Waals surface area contributed by atoms with Crippen molar-refractivity contribution in [3.05, 3.63) is 0 Å². The molecule has 15 heavy (non-hydrogen) atoms. The van der Waals surface area contributed by atoms with Gasteiger partial charge in [0.25, 0.3) is 0 Å². The zero-order valence-electron chi connectivity index (χ0n) is 8.91. The van der Waals surface area contributed by atoms with Crippen LogP contribution in [0.5, 0.6) is 0 Å². The number of nitrogens with zero attached hydrogens (tertiary/aromatic N) is 1. The second kappa shape index (κ2) is 4.30. The Morgan fingerprint density at radius 3 is 2.87 bits per heavy atom.